The Morgan fingerprint density at radius 1 is 1.26 bits per heavy atom. The van der Waals surface area contributed by atoms with Crippen LogP contribution in [-0.2, 0) is 17.6 Å². The molecule has 0 aliphatic heterocycles. The molecule has 1 aromatic carbocycles. The number of carbonyl (C=O) groups excluding carboxylic acids is 1. The van der Waals surface area contributed by atoms with E-state index in [0.29, 0.717) is 25.3 Å². The maximum atomic E-state index is 10.4. The minimum absolute atomic E-state index is 0.440. The molecule has 0 atom stereocenters. The van der Waals surface area contributed by atoms with Gasteiger partial charge in [0.05, 0.1) is 18.7 Å². The Balaban J connectivity index is 1.83. The van der Waals surface area contributed by atoms with Crippen molar-refractivity contribution in [3.63, 3.8) is 0 Å². The molecule has 0 saturated carbocycles. The zero-order valence-corrected chi connectivity index (χ0v) is 11.2. The van der Waals surface area contributed by atoms with E-state index in [9.17, 15) is 4.79 Å². The molecule has 0 bridgehead atoms. The van der Waals surface area contributed by atoms with Crippen molar-refractivity contribution in [3.05, 3.63) is 47.2 Å². The summed E-state index contributed by atoms with van der Waals surface area (Å²) in [5, 5.41) is 0. The summed E-state index contributed by atoms with van der Waals surface area (Å²) in [6.07, 6.45) is 1.98. The third kappa shape index (κ3) is 3.68. The average Bonchev–Trinajstić information content (AvgIpc) is 2.71. The first-order chi connectivity index (χ1) is 9.19. The second-order valence-electron chi connectivity index (χ2n) is 4.36. The third-order valence-electron chi connectivity index (χ3n) is 2.90. The van der Waals surface area contributed by atoms with Crippen molar-refractivity contribution in [1.29, 1.82) is 0 Å². The van der Waals surface area contributed by atoms with Gasteiger partial charge in [0.25, 0.3) is 0 Å². The molecule has 1 aromatic heterocycles. The van der Waals surface area contributed by atoms with Crippen LogP contribution in [0, 0.1) is 13.8 Å². The average molecular weight is 259 g/mol. The third-order valence-corrected chi connectivity index (χ3v) is 2.90. The summed E-state index contributed by atoms with van der Waals surface area (Å²) in [6.45, 7) is 4.35. The Labute approximate surface area is 112 Å². The van der Waals surface area contributed by atoms with E-state index >= 15 is 0 Å². The molecule has 0 saturated heterocycles. The van der Waals surface area contributed by atoms with Gasteiger partial charge in [0, 0.05) is 6.42 Å². The number of hydrogen-bond acceptors (Lipinski definition) is 4. The predicted octanol–water partition coefficient (Wildman–Crippen LogP) is 2.65. The van der Waals surface area contributed by atoms with Gasteiger partial charge in [-0.1, -0.05) is 12.1 Å². The second-order valence-corrected chi connectivity index (χ2v) is 4.36. The van der Waals surface area contributed by atoms with E-state index in [1.807, 2.05) is 38.1 Å². The number of aromatic nitrogens is 1. The van der Waals surface area contributed by atoms with Gasteiger partial charge in [-0.25, -0.2) is 4.98 Å². The molecule has 4 heteroatoms. The molecule has 19 heavy (non-hydrogen) atoms. The highest BCUT2D eigenvalue weighted by Gasteiger charge is 2.05. The summed E-state index contributed by atoms with van der Waals surface area (Å²) >= 11 is 0. The number of aryl methyl sites for hydroxylation is 2. The molecule has 0 fully saturated rings. The number of hydrogen-bond donors (Lipinski definition) is 0. The molecule has 0 unspecified atom stereocenters. The van der Waals surface area contributed by atoms with E-state index < -0.39 is 0 Å². The van der Waals surface area contributed by atoms with Crippen LogP contribution in [0.15, 0.2) is 28.7 Å². The van der Waals surface area contributed by atoms with Gasteiger partial charge in [-0.05, 0) is 31.5 Å². The molecule has 0 amide bonds. The zero-order chi connectivity index (χ0) is 13.7. The molecule has 0 spiro atoms. The Morgan fingerprint density at radius 3 is 2.58 bits per heavy atom. The van der Waals surface area contributed by atoms with Crippen molar-refractivity contribution in [2.45, 2.75) is 26.7 Å². The van der Waals surface area contributed by atoms with E-state index in [1.165, 1.54) is 0 Å². The summed E-state index contributed by atoms with van der Waals surface area (Å²) < 4.78 is 11.1. The molecule has 2 aromatic rings. The van der Waals surface area contributed by atoms with Gasteiger partial charge in [-0.15, -0.1) is 0 Å². The number of oxazole rings is 1. The maximum Gasteiger partial charge on any atom is 0.198 e. The van der Waals surface area contributed by atoms with Crippen molar-refractivity contribution >= 4 is 6.29 Å². The molecule has 2 rings (SSSR count). The molecule has 0 N–H and O–H groups in total. The minimum Gasteiger partial charge on any atom is -0.493 e. The smallest absolute Gasteiger partial charge is 0.198 e. The first kappa shape index (κ1) is 13.3. The predicted molar refractivity (Wildman–Crippen MR) is 71.4 cm³/mol. The van der Waals surface area contributed by atoms with Gasteiger partial charge in [-0.2, -0.15) is 0 Å². The normalized spacial score (nSPS) is 10.4. The number of rotatable bonds is 6. The lowest BCUT2D eigenvalue weighted by Gasteiger charge is -2.05. The topological polar surface area (TPSA) is 52.3 Å². The lowest BCUT2D eigenvalue weighted by Crippen LogP contribution is -2.01. The monoisotopic (exact) mass is 259 g/mol. The van der Waals surface area contributed by atoms with E-state index in [0.717, 1.165) is 29.1 Å². The van der Waals surface area contributed by atoms with Gasteiger partial charge in [0.1, 0.15) is 17.8 Å². The van der Waals surface area contributed by atoms with Gasteiger partial charge < -0.3 is 13.9 Å². The Morgan fingerprint density at radius 2 is 2.00 bits per heavy atom. The van der Waals surface area contributed by atoms with Crippen molar-refractivity contribution in [3.8, 4) is 5.75 Å². The quantitative estimate of drug-likeness (QED) is 0.748. The SMILES string of the molecule is Cc1nc(CCOc2ccc(CC=O)cc2)oc1C. The Kier molecular flexibility index (Phi) is 4.34. The fourth-order valence-corrected chi connectivity index (χ4v) is 1.72. The molecule has 0 aliphatic carbocycles. The second kappa shape index (κ2) is 6.18. The van der Waals surface area contributed by atoms with Crippen LogP contribution < -0.4 is 4.74 Å². The highest BCUT2D eigenvalue weighted by molar-refractivity contribution is 5.55. The van der Waals surface area contributed by atoms with Crippen LogP contribution in [0.4, 0.5) is 0 Å². The van der Waals surface area contributed by atoms with Gasteiger partial charge in [-0.3, -0.25) is 0 Å². The van der Waals surface area contributed by atoms with E-state index in [1.54, 1.807) is 0 Å². The van der Waals surface area contributed by atoms with Gasteiger partial charge in [0.2, 0.25) is 0 Å². The van der Waals surface area contributed by atoms with Crippen LogP contribution in [0.2, 0.25) is 0 Å². The summed E-state index contributed by atoms with van der Waals surface area (Å²) in [7, 11) is 0. The van der Waals surface area contributed by atoms with Crippen LogP contribution in [0.3, 0.4) is 0 Å². The maximum absolute atomic E-state index is 10.4. The Bertz CT molecular complexity index is 524. The summed E-state index contributed by atoms with van der Waals surface area (Å²) in [6, 6.07) is 7.52. The highest BCUT2D eigenvalue weighted by Crippen LogP contribution is 2.13. The molecule has 100 valence electrons. The minimum atomic E-state index is 0.440. The molecular formula is C15H17NO3. The van der Waals surface area contributed by atoms with Crippen LogP contribution in [0.25, 0.3) is 0 Å². The molecular weight excluding hydrogens is 242 g/mol. The van der Waals surface area contributed by atoms with E-state index in [2.05, 4.69) is 4.98 Å². The van der Waals surface area contributed by atoms with Crippen molar-refractivity contribution < 1.29 is 13.9 Å². The number of benzene rings is 1. The molecule has 0 aliphatic rings. The highest BCUT2D eigenvalue weighted by atomic mass is 16.5. The largest absolute Gasteiger partial charge is 0.493 e. The van der Waals surface area contributed by atoms with Crippen LogP contribution in [0.5, 0.6) is 5.75 Å². The lowest BCUT2D eigenvalue weighted by molar-refractivity contribution is -0.107. The summed E-state index contributed by atoms with van der Waals surface area (Å²) in [4.78, 5) is 14.7. The first-order valence-electron chi connectivity index (χ1n) is 6.27. The fraction of sp³-hybridized carbons (Fsp3) is 0.333. The summed E-state index contributed by atoms with van der Waals surface area (Å²) in [5.41, 5.74) is 1.91. The summed E-state index contributed by atoms with van der Waals surface area (Å²) in [5.74, 6) is 2.34. The van der Waals surface area contributed by atoms with Gasteiger partial charge >= 0.3 is 0 Å². The number of nitrogens with zero attached hydrogens (tertiary/aromatic N) is 1. The van der Waals surface area contributed by atoms with Crippen LogP contribution in [0.1, 0.15) is 22.9 Å². The van der Waals surface area contributed by atoms with E-state index in [4.69, 9.17) is 9.15 Å². The number of ether oxygens (including phenoxy) is 1. The zero-order valence-electron chi connectivity index (χ0n) is 11.2. The van der Waals surface area contributed by atoms with E-state index in [-0.39, 0.29) is 0 Å². The van der Waals surface area contributed by atoms with Gasteiger partial charge in [0.15, 0.2) is 5.89 Å². The van der Waals surface area contributed by atoms with Crippen molar-refractivity contribution in [1.82, 2.24) is 4.98 Å². The molecule has 1 heterocycles. The standard InChI is InChI=1S/C15H17NO3/c1-11-12(2)19-15(16-11)8-10-18-14-5-3-13(4-6-14)7-9-17/h3-6,9H,7-8,10H2,1-2H3. The van der Waals surface area contributed by atoms with Crippen LogP contribution in [-0.4, -0.2) is 17.9 Å². The number of carbonyl (C=O) groups is 1. The molecule has 4 nitrogen and oxygen atoms in total. The number of aldehydes is 1. The fourth-order valence-electron chi connectivity index (χ4n) is 1.72. The lowest BCUT2D eigenvalue weighted by atomic mass is 10.2. The Hall–Kier alpha value is -2.10. The van der Waals surface area contributed by atoms with Crippen LogP contribution >= 0.6 is 0 Å². The van der Waals surface area contributed by atoms with Crippen molar-refractivity contribution in [2.75, 3.05) is 6.61 Å². The molecule has 0 radical (unpaired) electrons. The first-order valence-corrected chi connectivity index (χ1v) is 6.27. The van der Waals surface area contributed by atoms with Crippen molar-refractivity contribution in [2.24, 2.45) is 0 Å².